The van der Waals surface area contributed by atoms with E-state index in [1.54, 1.807) is 24.3 Å². The van der Waals surface area contributed by atoms with Crippen LogP contribution in [-0.2, 0) is 11.2 Å². The van der Waals surface area contributed by atoms with Gasteiger partial charge in [0.05, 0.1) is 0 Å². The number of carbonyl (C=O) groups excluding carboxylic acids is 2. The molecule has 1 amide bonds. The van der Waals surface area contributed by atoms with Gasteiger partial charge in [-0.1, -0.05) is 26.2 Å². The highest BCUT2D eigenvalue weighted by molar-refractivity contribution is 5.93. The fourth-order valence-electron chi connectivity index (χ4n) is 3.06. The van der Waals surface area contributed by atoms with Crippen LogP contribution in [-0.4, -0.2) is 16.9 Å². The predicted octanol–water partition coefficient (Wildman–Crippen LogP) is 3.98. The second kappa shape index (κ2) is 7.96. The topological polar surface area (TPSA) is 81.4 Å². The number of benzene rings is 1. The summed E-state index contributed by atoms with van der Waals surface area (Å²) >= 11 is 0. The molecule has 0 bridgehead atoms. The number of amides is 1. The van der Waals surface area contributed by atoms with Crippen molar-refractivity contribution in [1.82, 2.24) is 4.98 Å². The van der Waals surface area contributed by atoms with Crippen LogP contribution in [0.4, 0.5) is 5.69 Å². The molecule has 1 heterocycles. The smallest absolute Gasteiger partial charge is 0.366 e. The zero-order valence-corrected chi connectivity index (χ0v) is 14.3. The van der Waals surface area contributed by atoms with Gasteiger partial charge in [-0.05, 0) is 37.1 Å². The molecule has 1 saturated carbocycles. The zero-order chi connectivity index (χ0) is 17.6. The maximum Gasteiger partial charge on any atom is 0.366 e. The molecule has 0 atom stereocenters. The quantitative estimate of drug-likeness (QED) is 0.656. The molecule has 1 aliphatic carbocycles. The Balaban J connectivity index is 1.58. The minimum Gasteiger partial charge on any atom is -0.448 e. The van der Waals surface area contributed by atoms with Crippen LogP contribution in [0.15, 0.2) is 35.1 Å². The number of nitrogens with zero attached hydrogens (tertiary/aromatic N) is 1. The van der Waals surface area contributed by atoms with E-state index in [-0.39, 0.29) is 17.5 Å². The third-order valence-electron chi connectivity index (χ3n) is 4.46. The minimum atomic E-state index is -0.551. The zero-order valence-electron chi connectivity index (χ0n) is 14.3. The number of carbonyl (C=O) groups is 2. The van der Waals surface area contributed by atoms with Crippen molar-refractivity contribution in [3.05, 3.63) is 42.1 Å². The second-order valence-corrected chi connectivity index (χ2v) is 6.22. The van der Waals surface area contributed by atoms with Gasteiger partial charge >= 0.3 is 5.97 Å². The van der Waals surface area contributed by atoms with Gasteiger partial charge < -0.3 is 14.5 Å². The van der Waals surface area contributed by atoms with E-state index < -0.39 is 5.97 Å². The normalized spacial score (nSPS) is 14.9. The summed E-state index contributed by atoms with van der Waals surface area (Å²) in [7, 11) is 0. The van der Waals surface area contributed by atoms with E-state index in [2.05, 4.69) is 10.3 Å². The monoisotopic (exact) mass is 342 g/mol. The lowest BCUT2D eigenvalue weighted by Gasteiger charge is -2.20. The van der Waals surface area contributed by atoms with E-state index in [0.29, 0.717) is 23.6 Å². The number of anilines is 1. The van der Waals surface area contributed by atoms with E-state index in [9.17, 15) is 9.59 Å². The fourth-order valence-corrected chi connectivity index (χ4v) is 3.06. The van der Waals surface area contributed by atoms with E-state index >= 15 is 0 Å². The van der Waals surface area contributed by atoms with Crippen LogP contribution in [0.3, 0.4) is 0 Å². The molecule has 1 aromatic heterocycles. The van der Waals surface area contributed by atoms with E-state index in [1.807, 2.05) is 6.92 Å². The highest BCUT2D eigenvalue weighted by Crippen LogP contribution is 2.25. The molecule has 132 valence electrons. The number of nitrogens with one attached hydrogen (secondary N) is 1. The molecule has 1 aliphatic rings. The van der Waals surface area contributed by atoms with Gasteiger partial charge in [-0.3, -0.25) is 4.79 Å². The van der Waals surface area contributed by atoms with Crippen LogP contribution in [0, 0.1) is 5.92 Å². The third kappa shape index (κ3) is 4.26. The van der Waals surface area contributed by atoms with Crippen molar-refractivity contribution in [3.8, 4) is 5.75 Å². The Bertz CT molecular complexity index is 730. The van der Waals surface area contributed by atoms with Gasteiger partial charge in [-0.25, -0.2) is 9.78 Å². The number of hydrogen-bond donors (Lipinski definition) is 1. The van der Waals surface area contributed by atoms with Gasteiger partial charge in [0.25, 0.3) is 0 Å². The lowest BCUT2D eigenvalue weighted by atomic mass is 9.88. The Morgan fingerprint density at radius 1 is 1.20 bits per heavy atom. The van der Waals surface area contributed by atoms with Crippen molar-refractivity contribution >= 4 is 17.6 Å². The molecule has 0 saturated heterocycles. The van der Waals surface area contributed by atoms with Crippen molar-refractivity contribution in [1.29, 1.82) is 0 Å². The lowest BCUT2D eigenvalue weighted by molar-refractivity contribution is -0.120. The summed E-state index contributed by atoms with van der Waals surface area (Å²) in [5, 5.41) is 2.93. The van der Waals surface area contributed by atoms with Crippen LogP contribution in [0.1, 0.15) is 55.3 Å². The van der Waals surface area contributed by atoms with Gasteiger partial charge in [0.2, 0.25) is 5.91 Å². The molecule has 2 aromatic rings. The summed E-state index contributed by atoms with van der Waals surface area (Å²) in [5.41, 5.74) is 0.892. The molecule has 0 radical (unpaired) electrons. The Labute approximate surface area is 146 Å². The highest BCUT2D eigenvalue weighted by Gasteiger charge is 2.21. The molecule has 1 aromatic carbocycles. The molecule has 6 nitrogen and oxygen atoms in total. The van der Waals surface area contributed by atoms with Crippen LogP contribution in [0.5, 0.6) is 5.75 Å². The molecule has 1 N–H and O–H groups in total. The molecule has 25 heavy (non-hydrogen) atoms. The molecule has 0 spiro atoms. The maximum absolute atomic E-state index is 12.2. The molecule has 1 fully saturated rings. The standard InChI is InChI=1S/C19H22N2O4/c1-2-16-17(20-12-24-16)19(23)25-15-10-8-14(9-11-15)21-18(22)13-6-4-3-5-7-13/h8-13H,2-7H2,1H3,(H,21,22). The van der Waals surface area contributed by atoms with E-state index in [4.69, 9.17) is 9.15 Å². The van der Waals surface area contributed by atoms with Crippen molar-refractivity contribution in [3.63, 3.8) is 0 Å². The number of aryl methyl sites for hydroxylation is 1. The molecule has 3 rings (SSSR count). The Kier molecular flexibility index (Phi) is 5.48. The average Bonchev–Trinajstić information content (AvgIpc) is 3.13. The summed E-state index contributed by atoms with van der Waals surface area (Å²) in [6.45, 7) is 1.88. The average molecular weight is 342 g/mol. The first-order valence-electron chi connectivity index (χ1n) is 8.73. The number of aromatic nitrogens is 1. The summed E-state index contributed by atoms with van der Waals surface area (Å²) in [6, 6.07) is 6.76. The summed E-state index contributed by atoms with van der Waals surface area (Å²) < 4.78 is 10.4. The van der Waals surface area contributed by atoms with Crippen molar-refractivity contribution in [2.75, 3.05) is 5.32 Å². The lowest BCUT2D eigenvalue weighted by Crippen LogP contribution is -2.24. The highest BCUT2D eigenvalue weighted by atomic mass is 16.5. The predicted molar refractivity (Wildman–Crippen MR) is 92.5 cm³/mol. The number of hydrogen-bond acceptors (Lipinski definition) is 5. The third-order valence-corrected chi connectivity index (χ3v) is 4.46. The molecule has 6 heteroatoms. The Hall–Kier alpha value is -2.63. The SMILES string of the molecule is CCc1ocnc1C(=O)Oc1ccc(NC(=O)C2CCCCC2)cc1. The number of ether oxygens (including phenoxy) is 1. The van der Waals surface area contributed by atoms with Crippen LogP contribution in [0.25, 0.3) is 0 Å². The summed E-state index contributed by atoms with van der Waals surface area (Å²) in [6.07, 6.45) is 7.17. The largest absolute Gasteiger partial charge is 0.448 e. The minimum absolute atomic E-state index is 0.0691. The van der Waals surface area contributed by atoms with Gasteiger partial charge in [0.15, 0.2) is 12.1 Å². The van der Waals surface area contributed by atoms with Gasteiger partial charge in [-0.2, -0.15) is 0 Å². The Morgan fingerprint density at radius 2 is 1.92 bits per heavy atom. The first-order chi connectivity index (χ1) is 12.2. The van der Waals surface area contributed by atoms with Crippen LogP contribution >= 0.6 is 0 Å². The molecular weight excluding hydrogens is 320 g/mol. The first kappa shape index (κ1) is 17.2. The molecule has 0 unspecified atom stereocenters. The van der Waals surface area contributed by atoms with Gasteiger partial charge in [-0.15, -0.1) is 0 Å². The first-order valence-corrected chi connectivity index (χ1v) is 8.73. The van der Waals surface area contributed by atoms with E-state index in [1.165, 1.54) is 12.8 Å². The van der Waals surface area contributed by atoms with Gasteiger partial charge in [0.1, 0.15) is 11.5 Å². The number of rotatable bonds is 5. The Morgan fingerprint density at radius 3 is 2.60 bits per heavy atom. The summed E-state index contributed by atoms with van der Waals surface area (Å²) in [4.78, 5) is 28.2. The number of oxazole rings is 1. The van der Waals surface area contributed by atoms with Crippen LogP contribution < -0.4 is 10.1 Å². The molecule has 0 aliphatic heterocycles. The van der Waals surface area contributed by atoms with E-state index in [0.717, 1.165) is 25.7 Å². The number of esters is 1. The van der Waals surface area contributed by atoms with Crippen molar-refractivity contribution in [2.24, 2.45) is 5.92 Å². The van der Waals surface area contributed by atoms with Crippen molar-refractivity contribution < 1.29 is 18.7 Å². The van der Waals surface area contributed by atoms with Crippen LogP contribution in [0.2, 0.25) is 0 Å². The fraction of sp³-hybridized carbons (Fsp3) is 0.421. The molecular formula is C19H22N2O4. The maximum atomic E-state index is 12.2. The van der Waals surface area contributed by atoms with Gasteiger partial charge in [0, 0.05) is 18.0 Å². The second-order valence-electron chi connectivity index (χ2n) is 6.22. The summed E-state index contributed by atoms with van der Waals surface area (Å²) in [5.74, 6) is 0.516. The van der Waals surface area contributed by atoms with Crippen molar-refractivity contribution in [2.45, 2.75) is 45.4 Å².